The first kappa shape index (κ1) is 18.0. The molecule has 3 nitrogen and oxygen atoms in total. The Labute approximate surface area is 129 Å². The lowest BCUT2D eigenvalue weighted by Gasteiger charge is -2.32. The van der Waals surface area contributed by atoms with Gasteiger partial charge in [0, 0.05) is 26.2 Å². The van der Waals surface area contributed by atoms with Crippen molar-refractivity contribution < 1.29 is 31.1 Å². The molecule has 1 aliphatic heterocycles. The molecule has 1 unspecified atom stereocenters. The number of nitrogens with two attached hydrogens (primary N) is 1. The zero-order valence-electron chi connectivity index (χ0n) is 12.0. The topological polar surface area (TPSA) is 38.5 Å². The summed E-state index contributed by atoms with van der Waals surface area (Å²) in [7, 11) is 0. The molecule has 1 aliphatic rings. The molecule has 9 heteroatoms. The highest BCUT2D eigenvalue weighted by atomic mass is 19.4. The van der Waals surface area contributed by atoms with Crippen molar-refractivity contribution in [3.05, 3.63) is 34.9 Å². The van der Waals surface area contributed by atoms with E-state index < -0.39 is 23.5 Å². The average molecular weight is 342 g/mol. The number of rotatable bonds is 3. The van der Waals surface area contributed by atoms with E-state index in [4.69, 9.17) is 10.5 Å². The Kier molecular flexibility index (Phi) is 5.22. The first-order chi connectivity index (χ1) is 10.6. The van der Waals surface area contributed by atoms with Crippen molar-refractivity contribution in [1.82, 2.24) is 4.90 Å². The highest BCUT2D eigenvalue weighted by molar-refractivity contribution is 5.33. The minimum absolute atomic E-state index is 0.0210. The molecule has 0 spiro atoms. The lowest BCUT2D eigenvalue weighted by Crippen LogP contribution is -2.45. The van der Waals surface area contributed by atoms with Gasteiger partial charge in [-0.05, 0) is 23.8 Å². The van der Waals surface area contributed by atoms with Gasteiger partial charge in [0.15, 0.2) is 0 Å². The SMILES string of the molecule is NCC1CN(Cc2cc(C(F)(F)F)cc(C(F)(F)F)c2)CCO1. The van der Waals surface area contributed by atoms with Crippen LogP contribution >= 0.6 is 0 Å². The third-order valence-electron chi connectivity index (χ3n) is 3.54. The molecule has 1 fully saturated rings. The summed E-state index contributed by atoms with van der Waals surface area (Å²) in [5, 5.41) is 0. The van der Waals surface area contributed by atoms with E-state index in [1.165, 1.54) is 0 Å². The highest BCUT2D eigenvalue weighted by Gasteiger charge is 2.37. The summed E-state index contributed by atoms with van der Waals surface area (Å²) < 4.78 is 82.2. The number of halogens is 6. The van der Waals surface area contributed by atoms with Crippen LogP contribution in [0.5, 0.6) is 0 Å². The van der Waals surface area contributed by atoms with Gasteiger partial charge in [0.05, 0.1) is 23.8 Å². The lowest BCUT2D eigenvalue weighted by atomic mass is 10.0. The quantitative estimate of drug-likeness (QED) is 0.859. The molecular formula is C14H16F6N2O. The van der Waals surface area contributed by atoms with Crippen LogP contribution < -0.4 is 5.73 Å². The molecule has 1 heterocycles. The smallest absolute Gasteiger partial charge is 0.374 e. The van der Waals surface area contributed by atoms with Crippen LogP contribution in [0.2, 0.25) is 0 Å². The Hall–Kier alpha value is -1.32. The summed E-state index contributed by atoms with van der Waals surface area (Å²) in [6.45, 7) is 1.36. The molecule has 0 aliphatic carbocycles. The molecule has 1 saturated heterocycles. The van der Waals surface area contributed by atoms with E-state index in [0.29, 0.717) is 19.7 Å². The van der Waals surface area contributed by atoms with E-state index in [0.717, 1.165) is 12.1 Å². The van der Waals surface area contributed by atoms with Crippen LogP contribution in [0.1, 0.15) is 16.7 Å². The van der Waals surface area contributed by atoms with E-state index in [-0.39, 0.29) is 30.8 Å². The Morgan fingerprint density at radius 1 is 1.04 bits per heavy atom. The van der Waals surface area contributed by atoms with Crippen LogP contribution in [0.4, 0.5) is 26.3 Å². The van der Waals surface area contributed by atoms with Crippen LogP contribution in [0.15, 0.2) is 18.2 Å². The predicted molar refractivity (Wildman–Crippen MR) is 70.5 cm³/mol. The van der Waals surface area contributed by atoms with Gasteiger partial charge in [-0.2, -0.15) is 26.3 Å². The van der Waals surface area contributed by atoms with E-state index >= 15 is 0 Å². The van der Waals surface area contributed by atoms with Crippen LogP contribution in [0.25, 0.3) is 0 Å². The number of benzene rings is 1. The van der Waals surface area contributed by atoms with Crippen molar-refractivity contribution in [3.63, 3.8) is 0 Å². The van der Waals surface area contributed by atoms with Gasteiger partial charge in [0.1, 0.15) is 0 Å². The fourth-order valence-electron chi connectivity index (χ4n) is 2.44. The van der Waals surface area contributed by atoms with Crippen LogP contribution in [-0.2, 0) is 23.6 Å². The Balaban J connectivity index is 2.27. The fourth-order valence-corrected chi connectivity index (χ4v) is 2.44. The largest absolute Gasteiger partial charge is 0.416 e. The zero-order valence-corrected chi connectivity index (χ0v) is 12.0. The van der Waals surface area contributed by atoms with Crippen LogP contribution in [-0.4, -0.2) is 37.2 Å². The number of nitrogens with zero attached hydrogens (tertiary/aromatic N) is 1. The summed E-state index contributed by atoms with van der Waals surface area (Å²) >= 11 is 0. The van der Waals surface area contributed by atoms with Gasteiger partial charge in [0.25, 0.3) is 0 Å². The minimum atomic E-state index is -4.83. The highest BCUT2D eigenvalue weighted by Crippen LogP contribution is 2.36. The standard InChI is InChI=1S/C14H16F6N2O/c15-13(16,17)10-3-9(4-11(5-10)14(18,19)20)7-22-1-2-23-12(6-21)8-22/h3-5,12H,1-2,6-8,21H2. The Morgan fingerprint density at radius 2 is 1.61 bits per heavy atom. The number of alkyl halides is 6. The molecule has 1 aromatic rings. The predicted octanol–water partition coefficient (Wildman–Crippen LogP) is 2.88. The maximum absolute atomic E-state index is 12.8. The fraction of sp³-hybridized carbons (Fsp3) is 0.571. The summed E-state index contributed by atoms with van der Waals surface area (Å²) in [6.07, 6.45) is -9.93. The molecule has 0 amide bonds. The van der Waals surface area contributed by atoms with E-state index in [2.05, 4.69) is 0 Å². The van der Waals surface area contributed by atoms with Crippen LogP contribution in [0, 0.1) is 0 Å². The molecule has 0 saturated carbocycles. The van der Waals surface area contributed by atoms with Gasteiger partial charge >= 0.3 is 12.4 Å². The summed E-state index contributed by atoms with van der Waals surface area (Å²) in [5.74, 6) is 0. The molecule has 23 heavy (non-hydrogen) atoms. The lowest BCUT2D eigenvalue weighted by molar-refractivity contribution is -0.143. The van der Waals surface area contributed by atoms with Crippen LogP contribution in [0.3, 0.4) is 0 Å². The van der Waals surface area contributed by atoms with Crippen molar-refractivity contribution in [2.75, 3.05) is 26.2 Å². The Bertz CT molecular complexity index is 511. The van der Waals surface area contributed by atoms with Gasteiger partial charge in [-0.1, -0.05) is 0 Å². The summed E-state index contributed by atoms with van der Waals surface area (Å²) in [4.78, 5) is 1.73. The normalized spacial score (nSPS) is 20.7. The number of hydrogen-bond donors (Lipinski definition) is 1. The average Bonchev–Trinajstić information content (AvgIpc) is 2.45. The monoisotopic (exact) mass is 342 g/mol. The molecule has 1 aromatic carbocycles. The third kappa shape index (κ3) is 4.82. The Morgan fingerprint density at radius 3 is 2.09 bits per heavy atom. The van der Waals surface area contributed by atoms with Gasteiger partial charge in [0.2, 0.25) is 0 Å². The number of ether oxygens (including phenoxy) is 1. The van der Waals surface area contributed by atoms with E-state index in [1.807, 2.05) is 0 Å². The summed E-state index contributed by atoms with van der Waals surface area (Å²) in [5.41, 5.74) is 2.83. The molecule has 0 radical (unpaired) electrons. The maximum Gasteiger partial charge on any atom is 0.416 e. The summed E-state index contributed by atoms with van der Waals surface area (Å²) in [6, 6.07) is 1.63. The maximum atomic E-state index is 12.8. The van der Waals surface area contributed by atoms with Gasteiger partial charge in [-0.15, -0.1) is 0 Å². The molecule has 2 rings (SSSR count). The van der Waals surface area contributed by atoms with Gasteiger partial charge in [-0.25, -0.2) is 0 Å². The van der Waals surface area contributed by atoms with Gasteiger partial charge in [-0.3, -0.25) is 4.90 Å². The zero-order chi connectivity index (χ0) is 17.3. The van der Waals surface area contributed by atoms with E-state index in [1.54, 1.807) is 4.90 Å². The van der Waals surface area contributed by atoms with Crippen molar-refractivity contribution in [1.29, 1.82) is 0 Å². The first-order valence-electron chi connectivity index (χ1n) is 6.92. The number of morpholine rings is 1. The van der Waals surface area contributed by atoms with Crippen molar-refractivity contribution >= 4 is 0 Å². The molecular weight excluding hydrogens is 326 g/mol. The van der Waals surface area contributed by atoms with Crippen molar-refractivity contribution in [3.8, 4) is 0 Å². The molecule has 2 N–H and O–H groups in total. The molecule has 0 bridgehead atoms. The second kappa shape index (κ2) is 6.66. The van der Waals surface area contributed by atoms with Crippen molar-refractivity contribution in [2.45, 2.75) is 25.0 Å². The van der Waals surface area contributed by atoms with Crippen molar-refractivity contribution in [2.24, 2.45) is 5.73 Å². The van der Waals surface area contributed by atoms with Gasteiger partial charge < -0.3 is 10.5 Å². The number of hydrogen-bond acceptors (Lipinski definition) is 3. The van der Waals surface area contributed by atoms with E-state index in [9.17, 15) is 26.3 Å². The minimum Gasteiger partial charge on any atom is -0.374 e. The third-order valence-corrected chi connectivity index (χ3v) is 3.54. The molecule has 0 aromatic heterocycles. The second-order valence-corrected chi connectivity index (χ2v) is 5.38. The first-order valence-corrected chi connectivity index (χ1v) is 6.92. The second-order valence-electron chi connectivity index (χ2n) is 5.38. The molecule has 130 valence electrons. The molecule has 1 atom stereocenters.